The molecule has 0 spiro atoms. The predicted molar refractivity (Wildman–Crippen MR) is 111 cm³/mol. The van der Waals surface area contributed by atoms with Gasteiger partial charge in [0.15, 0.2) is 0 Å². The minimum atomic E-state index is 0.402. The van der Waals surface area contributed by atoms with Crippen molar-refractivity contribution >= 4 is 17.3 Å². The zero-order chi connectivity index (χ0) is 20.0. The maximum atomic E-state index is 5.70. The van der Waals surface area contributed by atoms with Crippen LogP contribution in [-0.4, -0.2) is 36.3 Å². The fraction of sp³-hybridized carbons (Fsp3) is 0.190. The highest BCUT2D eigenvalue weighted by atomic mass is 15.3. The van der Waals surface area contributed by atoms with E-state index >= 15 is 0 Å². The molecule has 0 bridgehead atoms. The Labute approximate surface area is 168 Å². The third kappa shape index (κ3) is 2.98. The summed E-state index contributed by atoms with van der Waals surface area (Å²) in [7, 11) is 0. The third-order valence-corrected chi connectivity index (χ3v) is 5.10. The van der Waals surface area contributed by atoms with E-state index in [0.717, 1.165) is 58.6 Å². The molecule has 1 aliphatic heterocycles. The zero-order valence-electron chi connectivity index (χ0n) is 16.2. The van der Waals surface area contributed by atoms with E-state index < -0.39 is 0 Å². The summed E-state index contributed by atoms with van der Waals surface area (Å²) in [6, 6.07) is 10.4. The molecule has 29 heavy (non-hydrogen) atoms. The maximum Gasteiger partial charge on any atom is 0.141 e. The Morgan fingerprint density at radius 1 is 0.897 bits per heavy atom. The zero-order valence-corrected chi connectivity index (χ0v) is 16.2. The second-order valence-corrected chi connectivity index (χ2v) is 7.12. The van der Waals surface area contributed by atoms with Gasteiger partial charge >= 0.3 is 0 Å². The number of benzene rings is 1. The van der Waals surface area contributed by atoms with Gasteiger partial charge in [-0.2, -0.15) is 0 Å². The average molecular weight is 384 g/mol. The van der Waals surface area contributed by atoms with E-state index in [2.05, 4.69) is 52.8 Å². The Morgan fingerprint density at radius 3 is 2.55 bits per heavy atom. The predicted octanol–water partition coefficient (Wildman–Crippen LogP) is 3.01. The van der Waals surface area contributed by atoms with Crippen molar-refractivity contribution in [2.45, 2.75) is 20.3 Å². The normalized spacial score (nSPS) is 13.0. The number of hydrogen-bond donors (Lipinski definition) is 1. The Hall–Kier alpha value is -3.81. The second-order valence-electron chi connectivity index (χ2n) is 7.12. The van der Waals surface area contributed by atoms with Crippen LogP contribution in [0.4, 0.5) is 17.3 Å². The Balaban J connectivity index is 1.71. The lowest BCUT2D eigenvalue weighted by Crippen LogP contribution is -2.20. The molecule has 0 amide bonds. The fourth-order valence-corrected chi connectivity index (χ4v) is 3.65. The molecule has 8 nitrogen and oxygen atoms in total. The highest BCUT2D eigenvalue weighted by molar-refractivity contribution is 5.77. The second kappa shape index (κ2) is 6.66. The standard InChI is InChI=1S/C21H20N8/c1-13-3-6-20(25-10-13)28-8-7-21-27-26-14(2)29(21)17-5-4-15(9-18(17)28)16-11-24-19(22)12-23-16/h3-6,9-12H,7-8H2,1-2H3,(H2,22,24). The van der Waals surface area contributed by atoms with Crippen LogP contribution in [0, 0.1) is 13.8 Å². The highest BCUT2D eigenvalue weighted by Gasteiger charge is 2.24. The summed E-state index contributed by atoms with van der Waals surface area (Å²) in [5, 5.41) is 8.66. The van der Waals surface area contributed by atoms with E-state index in [1.165, 1.54) is 0 Å². The van der Waals surface area contributed by atoms with Crippen molar-refractivity contribution in [2.24, 2.45) is 0 Å². The highest BCUT2D eigenvalue weighted by Crippen LogP contribution is 2.36. The Bertz CT molecular complexity index is 1180. The van der Waals surface area contributed by atoms with E-state index in [4.69, 9.17) is 5.73 Å². The van der Waals surface area contributed by atoms with Crippen molar-refractivity contribution in [3.8, 4) is 16.9 Å². The van der Waals surface area contributed by atoms with Crippen LogP contribution in [-0.2, 0) is 6.42 Å². The van der Waals surface area contributed by atoms with Crippen LogP contribution >= 0.6 is 0 Å². The van der Waals surface area contributed by atoms with E-state index in [1.807, 2.05) is 32.2 Å². The summed E-state index contributed by atoms with van der Waals surface area (Å²) in [4.78, 5) is 15.5. The lowest BCUT2D eigenvalue weighted by Gasteiger charge is -2.24. The maximum absolute atomic E-state index is 5.70. The first-order chi connectivity index (χ1) is 14.1. The molecule has 3 aromatic heterocycles. The number of aryl methyl sites for hydroxylation is 2. The van der Waals surface area contributed by atoms with Crippen LogP contribution in [0.15, 0.2) is 48.9 Å². The largest absolute Gasteiger partial charge is 0.382 e. The smallest absolute Gasteiger partial charge is 0.141 e. The first kappa shape index (κ1) is 17.3. The monoisotopic (exact) mass is 384 g/mol. The van der Waals surface area contributed by atoms with Gasteiger partial charge in [-0.3, -0.25) is 9.55 Å². The van der Waals surface area contributed by atoms with Crippen LogP contribution in [0.2, 0.25) is 0 Å². The summed E-state index contributed by atoms with van der Waals surface area (Å²) in [6.07, 6.45) is 5.92. The summed E-state index contributed by atoms with van der Waals surface area (Å²) in [6.45, 7) is 4.76. The van der Waals surface area contributed by atoms with E-state index in [9.17, 15) is 0 Å². The van der Waals surface area contributed by atoms with Crippen molar-refractivity contribution in [3.05, 3.63) is 66.1 Å². The van der Waals surface area contributed by atoms with E-state index in [-0.39, 0.29) is 0 Å². The SMILES string of the molecule is Cc1ccc(N2CCc3nnc(C)n3-c3ccc(-c4cnc(N)cn4)cc32)nc1. The molecule has 0 radical (unpaired) electrons. The molecule has 5 rings (SSSR count). The first-order valence-electron chi connectivity index (χ1n) is 9.43. The van der Waals surface area contributed by atoms with Crippen LogP contribution in [0.25, 0.3) is 16.9 Å². The molecule has 8 heteroatoms. The number of pyridine rings is 1. The number of nitrogen functional groups attached to an aromatic ring is 1. The van der Waals surface area contributed by atoms with E-state index in [1.54, 1.807) is 12.4 Å². The molecule has 0 atom stereocenters. The molecule has 144 valence electrons. The van der Waals surface area contributed by atoms with Crippen molar-refractivity contribution in [3.63, 3.8) is 0 Å². The van der Waals surface area contributed by atoms with Gasteiger partial charge in [0, 0.05) is 24.7 Å². The van der Waals surface area contributed by atoms with E-state index in [0.29, 0.717) is 5.82 Å². The molecule has 1 aliphatic rings. The number of hydrogen-bond acceptors (Lipinski definition) is 7. The number of anilines is 3. The van der Waals surface area contributed by atoms with Crippen molar-refractivity contribution in [1.29, 1.82) is 0 Å². The quantitative estimate of drug-likeness (QED) is 0.567. The number of nitrogens with two attached hydrogens (primary N) is 1. The molecule has 0 saturated carbocycles. The molecule has 0 fully saturated rings. The topological polar surface area (TPSA) is 98.6 Å². The van der Waals surface area contributed by atoms with Gasteiger partial charge in [-0.1, -0.05) is 12.1 Å². The van der Waals surface area contributed by atoms with Crippen molar-refractivity contribution < 1.29 is 0 Å². The number of nitrogens with zero attached hydrogens (tertiary/aromatic N) is 7. The summed E-state index contributed by atoms with van der Waals surface area (Å²) < 4.78 is 2.11. The summed E-state index contributed by atoms with van der Waals surface area (Å²) in [5.41, 5.74) is 10.6. The third-order valence-electron chi connectivity index (χ3n) is 5.10. The summed E-state index contributed by atoms with van der Waals surface area (Å²) in [5.74, 6) is 3.10. The molecule has 0 unspecified atom stereocenters. The van der Waals surface area contributed by atoms with Gasteiger partial charge in [0.25, 0.3) is 0 Å². The Morgan fingerprint density at radius 2 is 1.79 bits per heavy atom. The summed E-state index contributed by atoms with van der Waals surface area (Å²) >= 11 is 0. The number of rotatable bonds is 2. The molecular formula is C21H20N8. The minimum Gasteiger partial charge on any atom is -0.382 e. The lowest BCUT2D eigenvalue weighted by atomic mass is 10.1. The van der Waals surface area contributed by atoms with Crippen LogP contribution in [0.3, 0.4) is 0 Å². The van der Waals surface area contributed by atoms with Crippen LogP contribution < -0.4 is 10.6 Å². The molecular weight excluding hydrogens is 364 g/mol. The molecule has 1 aromatic carbocycles. The minimum absolute atomic E-state index is 0.402. The first-order valence-corrected chi connectivity index (χ1v) is 9.43. The van der Waals surface area contributed by atoms with Gasteiger partial charge < -0.3 is 10.6 Å². The van der Waals surface area contributed by atoms with Crippen molar-refractivity contribution in [2.75, 3.05) is 17.2 Å². The van der Waals surface area contributed by atoms with Gasteiger partial charge in [-0.25, -0.2) is 9.97 Å². The molecule has 0 aliphatic carbocycles. The number of aromatic nitrogens is 6. The molecule has 4 heterocycles. The van der Waals surface area contributed by atoms with Crippen LogP contribution in [0.1, 0.15) is 17.2 Å². The molecule has 4 aromatic rings. The van der Waals surface area contributed by atoms with Gasteiger partial charge in [-0.15, -0.1) is 10.2 Å². The Kier molecular flexibility index (Phi) is 3.97. The fourth-order valence-electron chi connectivity index (χ4n) is 3.65. The van der Waals surface area contributed by atoms with Crippen molar-refractivity contribution in [1.82, 2.24) is 29.7 Å². The van der Waals surface area contributed by atoms with Gasteiger partial charge in [-0.05, 0) is 37.6 Å². The lowest BCUT2D eigenvalue weighted by molar-refractivity contribution is 0.832. The van der Waals surface area contributed by atoms with Gasteiger partial charge in [0.05, 0.1) is 29.5 Å². The van der Waals surface area contributed by atoms with Crippen LogP contribution in [0.5, 0.6) is 0 Å². The van der Waals surface area contributed by atoms with Gasteiger partial charge in [0.1, 0.15) is 23.3 Å². The van der Waals surface area contributed by atoms with Gasteiger partial charge in [0.2, 0.25) is 0 Å². The average Bonchev–Trinajstić information content (AvgIpc) is 3.01. The number of fused-ring (bicyclic) bond motifs is 3. The molecule has 0 saturated heterocycles. The molecule has 2 N–H and O–H groups in total.